The average Bonchev–Trinajstić information content (AvgIpc) is 2.33. The summed E-state index contributed by atoms with van der Waals surface area (Å²) in [5.74, 6) is 0.509. The van der Waals surface area contributed by atoms with Crippen molar-refractivity contribution in [2.24, 2.45) is 5.92 Å². The molecule has 4 heteroatoms. The average molecular weight is 290 g/mol. The molecule has 0 amide bonds. The third-order valence-corrected chi connectivity index (χ3v) is 3.75. The maximum Gasteiger partial charge on any atom is 0.0637 e. The summed E-state index contributed by atoms with van der Waals surface area (Å²) in [6.45, 7) is 8.52. The molecule has 2 nitrogen and oxygen atoms in total. The quantitative estimate of drug-likeness (QED) is 0.814. The first-order valence-corrected chi connectivity index (χ1v) is 7.05. The number of rotatable bonds is 7. The topological polar surface area (TPSA) is 21.3 Å². The highest BCUT2D eigenvalue weighted by molar-refractivity contribution is 6.42. The molecular weight excluding hydrogens is 269 g/mol. The van der Waals surface area contributed by atoms with Gasteiger partial charge in [0.05, 0.1) is 16.7 Å². The lowest BCUT2D eigenvalue weighted by Gasteiger charge is -2.22. The molecule has 0 bridgehead atoms. The van der Waals surface area contributed by atoms with Gasteiger partial charge in [0.1, 0.15) is 0 Å². The van der Waals surface area contributed by atoms with Gasteiger partial charge in [0, 0.05) is 19.2 Å². The molecule has 0 heterocycles. The van der Waals surface area contributed by atoms with Gasteiger partial charge >= 0.3 is 0 Å². The molecule has 1 rings (SSSR count). The van der Waals surface area contributed by atoms with Crippen LogP contribution in [0.1, 0.15) is 26.3 Å². The molecule has 18 heavy (non-hydrogen) atoms. The summed E-state index contributed by atoms with van der Waals surface area (Å²) in [4.78, 5) is 0. The van der Waals surface area contributed by atoms with E-state index in [-0.39, 0.29) is 0 Å². The van der Waals surface area contributed by atoms with Gasteiger partial charge in [-0.2, -0.15) is 0 Å². The molecule has 1 atom stereocenters. The van der Waals surface area contributed by atoms with E-state index in [1.165, 1.54) is 0 Å². The van der Waals surface area contributed by atoms with E-state index in [4.69, 9.17) is 27.9 Å². The van der Waals surface area contributed by atoms with Crippen molar-refractivity contribution in [1.29, 1.82) is 0 Å². The second-order valence-electron chi connectivity index (χ2n) is 4.60. The molecule has 0 radical (unpaired) electrons. The lowest BCUT2D eigenvalue weighted by molar-refractivity contribution is 0.108. The van der Waals surface area contributed by atoms with Crippen LogP contribution in [-0.2, 0) is 11.3 Å². The minimum atomic E-state index is 0.319. The van der Waals surface area contributed by atoms with Crippen molar-refractivity contribution in [2.75, 3.05) is 13.2 Å². The molecule has 1 aromatic carbocycles. The van der Waals surface area contributed by atoms with Crippen LogP contribution in [0.4, 0.5) is 0 Å². The van der Waals surface area contributed by atoms with Crippen LogP contribution in [0.15, 0.2) is 18.2 Å². The lowest BCUT2D eigenvalue weighted by atomic mass is 10.0. The van der Waals surface area contributed by atoms with Gasteiger partial charge in [-0.3, -0.25) is 0 Å². The normalized spacial score (nSPS) is 13.0. The zero-order valence-electron chi connectivity index (χ0n) is 11.2. The number of nitrogens with one attached hydrogen (secondary N) is 1. The summed E-state index contributed by atoms with van der Waals surface area (Å²) in [6, 6.07) is 6.02. The molecule has 0 aliphatic heterocycles. The van der Waals surface area contributed by atoms with Crippen LogP contribution in [0.25, 0.3) is 0 Å². The van der Waals surface area contributed by atoms with Crippen LogP contribution in [0.5, 0.6) is 0 Å². The maximum atomic E-state index is 6.16. The minimum absolute atomic E-state index is 0.319. The highest BCUT2D eigenvalue weighted by Gasteiger charge is 2.13. The molecule has 102 valence electrons. The zero-order valence-corrected chi connectivity index (χ0v) is 12.7. The van der Waals surface area contributed by atoms with Crippen LogP contribution in [-0.4, -0.2) is 19.3 Å². The van der Waals surface area contributed by atoms with Gasteiger partial charge in [-0.15, -0.1) is 0 Å². The van der Waals surface area contributed by atoms with Crippen LogP contribution < -0.4 is 5.32 Å². The van der Waals surface area contributed by atoms with Crippen LogP contribution >= 0.6 is 23.2 Å². The summed E-state index contributed by atoms with van der Waals surface area (Å²) in [6.07, 6.45) is 0. The van der Waals surface area contributed by atoms with E-state index < -0.39 is 0 Å². The Morgan fingerprint density at radius 3 is 2.61 bits per heavy atom. The molecule has 0 saturated carbocycles. The van der Waals surface area contributed by atoms with Gasteiger partial charge in [0.25, 0.3) is 0 Å². The minimum Gasteiger partial charge on any atom is -0.380 e. The Morgan fingerprint density at radius 1 is 1.28 bits per heavy atom. The Balaban J connectivity index is 2.58. The first-order valence-electron chi connectivity index (χ1n) is 6.30. The largest absolute Gasteiger partial charge is 0.380 e. The van der Waals surface area contributed by atoms with Gasteiger partial charge in [-0.05, 0) is 24.5 Å². The Bertz CT molecular complexity index is 369. The number of halogens is 2. The lowest BCUT2D eigenvalue weighted by Crippen LogP contribution is -2.37. The molecular formula is C14H21Cl2NO. The predicted molar refractivity (Wildman–Crippen MR) is 78.4 cm³/mol. The van der Waals surface area contributed by atoms with Crippen molar-refractivity contribution >= 4 is 23.2 Å². The van der Waals surface area contributed by atoms with E-state index in [1.54, 1.807) is 6.07 Å². The summed E-state index contributed by atoms with van der Waals surface area (Å²) in [7, 11) is 0. The number of ether oxygens (including phenoxy) is 1. The zero-order chi connectivity index (χ0) is 13.5. The Kier molecular flexibility index (Phi) is 7.02. The second kappa shape index (κ2) is 8.00. The van der Waals surface area contributed by atoms with E-state index in [1.807, 2.05) is 19.1 Å². The summed E-state index contributed by atoms with van der Waals surface area (Å²) < 4.78 is 5.48. The Hall–Kier alpha value is -0.280. The standard InChI is InChI=1S/C14H21Cl2NO/c1-4-18-9-13(10(2)3)17-8-11-6-5-7-12(15)14(11)16/h5-7,10,13,17H,4,8-9H2,1-3H3. The Labute approximate surface area is 120 Å². The summed E-state index contributed by atoms with van der Waals surface area (Å²) in [5, 5.41) is 4.70. The highest BCUT2D eigenvalue weighted by atomic mass is 35.5. The molecule has 0 saturated heterocycles. The van der Waals surface area contributed by atoms with Crippen molar-refractivity contribution in [2.45, 2.75) is 33.4 Å². The van der Waals surface area contributed by atoms with E-state index >= 15 is 0 Å². The second-order valence-corrected chi connectivity index (χ2v) is 5.39. The summed E-state index contributed by atoms with van der Waals surface area (Å²) in [5.41, 5.74) is 1.02. The van der Waals surface area contributed by atoms with Crippen molar-refractivity contribution in [3.63, 3.8) is 0 Å². The third-order valence-electron chi connectivity index (χ3n) is 2.89. The van der Waals surface area contributed by atoms with Crippen LogP contribution in [0.3, 0.4) is 0 Å². The van der Waals surface area contributed by atoms with Gasteiger partial charge in [-0.25, -0.2) is 0 Å². The third kappa shape index (κ3) is 4.77. The fraction of sp³-hybridized carbons (Fsp3) is 0.571. The van der Waals surface area contributed by atoms with Crippen molar-refractivity contribution < 1.29 is 4.74 Å². The van der Waals surface area contributed by atoms with Gasteiger partial charge < -0.3 is 10.1 Å². The monoisotopic (exact) mass is 289 g/mol. The fourth-order valence-electron chi connectivity index (χ4n) is 1.66. The first kappa shape index (κ1) is 15.8. The van der Waals surface area contributed by atoms with E-state index in [0.29, 0.717) is 35.2 Å². The fourth-order valence-corrected chi connectivity index (χ4v) is 2.04. The van der Waals surface area contributed by atoms with Gasteiger partial charge in [0.2, 0.25) is 0 Å². The molecule has 0 fully saturated rings. The summed E-state index contributed by atoms with van der Waals surface area (Å²) >= 11 is 12.1. The molecule has 0 spiro atoms. The molecule has 1 unspecified atom stereocenters. The molecule has 0 aromatic heterocycles. The highest BCUT2D eigenvalue weighted by Crippen LogP contribution is 2.25. The van der Waals surface area contributed by atoms with E-state index in [9.17, 15) is 0 Å². The molecule has 0 aliphatic rings. The SMILES string of the molecule is CCOCC(NCc1cccc(Cl)c1Cl)C(C)C. The van der Waals surface area contributed by atoms with Gasteiger partial charge in [0.15, 0.2) is 0 Å². The molecule has 1 aromatic rings. The molecule has 1 N–H and O–H groups in total. The maximum absolute atomic E-state index is 6.16. The van der Waals surface area contributed by atoms with Crippen molar-refractivity contribution in [3.05, 3.63) is 33.8 Å². The van der Waals surface area contributed by atoms with Crippen LogP contribution in [0, 0.1) is 5.92 Å². The van der Waals surface area contributed by atoms with Crippen molar-refractivity contribution in [1.82, 2.24) is 5.32 Å². The number of hydrogen-bond acceptors (Lipinski definition) is 2. The smallest absolute Gasteiger partial charge is 0.0637 e. The molecule has 0 aliphatic carbocycles. The van der Waals surface area contributed by atoms with Crippen LogP contribution in [0.2, 0.25) is 10.0 Å². The van der Waals surface area contributed by atoms with E-state index in [0.717, 1.165) is 12.2 Å². The number of hydrogen-bond donors (Lipinski definition) is 1. The van der Waals surface area contributed by atoms with Gasteiger partial charge in [-0.1, -0.05) is 49.2 Å². The predicted octanol–water partition coefficient (Wildman–Crippen LogP) is 4.14. The Morgan fingerprint density at radius 2 is 2.00 bits per heavy atom. The van der Waals surface area contributed by atoms with Crippen molar-refractivity contribution in [3.8, 4) is 0 Å². The number of benzene rings is 1. The first-order chi connectivity index (χ1) is 8.56. The van der Waals surface area contributed by atoms with E-state index in [2.05, 4.69) is 19.2 Å².